The van der Waals surface area contributed by atoms with Crippen molar-refractivity contribution < 1.29 is 9.59 Å². The largest absolute Gasteiger partial charge is 0.332 e. The van der Waals surface area contributed by atoms with Crippen molar-refractivity contribution in [2.45, 2.75) is 30.4 Å². The molecule has 0 saturated heterocycles. The first-order chi connectivity index (χ1) is 15.9. The molecule has 0 spiro atoms. The fourth-order valence-corrected chi connectivity index (χ4v) is 4.26. The Morgan fingerprint density at radius 2 is 1.36 bits per heavy atom. The zero-order valence-corrected chi connectivity index (χ0v) is 20.1. The van der Waals surface area contributed by atoms with Gasteiger partial charge in [-0.05, 0) is 73.2 Å². The van der Waals surface area contributed by atoms with Crippen LogP contribution in [0.4, 0.5) is 22.7 Å². The monoisotopic (exact) mass is 478 g/mol. The summed E-state index contributed by atoms with van der Waals surface area (Å²) in [6.07, 6.45) is 0.673. The molecule has 33 heavy (non-hydrogen) atoms. The van der Waals surface area contributed by atoms with Crippen LogP contribution in [-0.2, 0) is 9.59 Å². The van der Waals surface area contributed by atoms with Gasteiger partial charge in [-0.1, -0.05) is 31.2 Å². The van der Waals surface area contributed by atoms with Gasteiger partial charge in [-0.2, -0.15) is 0 Å². The van der Waals surface area contributed by atoms with E-state index in [1.165, 1.54) is 18.7 Å². The molecule has 0 aliphatic heterocycles. The van der Waals surface area contributed by atoms with Gasteiger partial charge in [0.25, 0.3) is 0 Å². The Hall–Kier alpha value is -3.36. The molecule has 3 aromatic rings. The second-order valence-electron chi connectivity index (χ2n) is 7.24. The third-order valence-electron chi connectivity index (χ3n) is 4.54. The first-order valence-corrected chi connectivity index (χ1v) is 11.8. The second kappa shape index (κ2) is 12.0. The van der Waals surface area contributed by atoms with Crippen molar-refractivity contribution in [3.8, 4) is 0 Å². The minimum atomic E-state index is -0.260. The first kappa shape index (κ1) is 24.3. The highest BCUT2D eigenvalue weighted by molar-refractivity contribution is 8.00. The predicted octanol–water partition coefficient (Wildman–Crippen LogP) is 5.96. The number of benzene rings is 3. The number of carbonyl (C=O) groups excluding carboxylic acids is 2. The van der Waals surface area contributed by atoms with Crippen LogP contribution in [0.25, 0.3) is 0 Å². The molecule has 0 fully saturated rings. The molecule has 0 radical (unpaired) electrons. The summed E-state index contributed by atoms with van der Waals surface area (Å²) >= 11 is 6.90. The van der Waals surface area contributed by atoms with Crippen LogP contribution >= 0.6 is 24.0 Å². The van der Waals surface area contributed by atoms with E-state index in [9.17, 15) is 9.59 Å². The summed E-state index contributed by atoms with van der Waals surface area (Å²) in [6.45, 7) is 3.44. The van der Waals surface area contributed by atoms with Gasteiger partial charge in [0.1, 0.15) is 0 Å². The van der Waals surface area contributed by atoms with Crippen molar-refractivity contribution in [1.82, 2.24) is 0 Å². The van der Waals surface area contributed by atoms with Gasteiger partial charge in [-0.3, -0.25) is 9.59 Å². The molecule has 1 atom stereocenters. The van der Waals surface area contributed by atoms with Gasteiger partial charge >= 0.3 is 0 Å². The fourth-order valence-electron chi connectivity index (χ4n) is 3.01. The molecule has 8 heteroatoms. The van der Waals surface area contributed by atoms with Gasteiger partial charge < -0.3 is 21.3 Å². The molecule has 0 aliphatic rings. The molecule has 2 amide bonds. The average Bonchev–Trinajstić information content (AvgIpc) is 2.79. The van der Waals surface area contributed by atoms with Crippen molar-refractivity contribution in [3.63, 3.8) is 0 Å². The van der Waals surface area contributed by atoms with E-state index in [0.29, 0.717) is 22.9 Å². The molecule has 6 nitrogen and oxygen atoms in total. The fraction of sp³-hybridized carbons (Fsp3) is 0.160. The number of para-hydroxylation sites is 1. The average molecular weight is 479 g/mol. The molecular weight excluding hydrogens is 452 g/mol. The Morgan fingerprint density at radius 1 is 0.788 bits per heavy atom. The lowest BCUT2D eigenvalue weighted by molar-refractivity contribution is -0.116. The van der Waals surface area contributed by atoms with E-state index in [0.717, 1.165) is 16.3 Å². The molecular formula is C25H26N4O2S2. The topological polar surface area (TPSA) is 82.3 Å². The van der Waals surface area contributed by atoms with Crippen molar-refractivity contribution >= 4 is 63.7 Å². The number of hydrogen-bond acceptors (Lipinski definition) is 4. The maximum absolute atomic E-state index is 12.8. The molecule has 0 heterocycles. The van der Waals surface area contributed by atoms with Gasteiger partial charge in [-0.25, -0.2) is 0 Å². The quantitative estimate of drug-likeness (QED) is 0.236. The van der Waals surface area contributed by atoms with E-state index in [2.05, 4.69) is 21.3 Å². The van der Waals surface area contributed by atoms with Gasteiger partial charge in [-0.15, -0.1) is 11.8 Å². The van der Waals surface area contributed by atoms with Crippen LogP contribution in [0.15, 0.2) is 83.8 Å². The smallest absolute Gasteiger partial charge is 0.237 e. The molecule has 170 valence electrons. The highest BCUT2D eigenvalue weighted by atomic mass is 32.2. The summed E-state index contributed by atoms with van der Waals surface area (Å²) in [7, 11) is 0. The van der Waals surface area contributed by atoms with Gasteiger partial charge in [0.05, 0.1) is 5.25 Å². The van der Waals surface area contributed by atoms with E-state index in [4.69, 9.17) is 12.2 Å². The third kappa shape index (κ3) is 7.93. The maximum atomic E-state index is 12.8. The minimum absolute atomic E-state index is 0.0746. The van der Waals surface area contributed by atoms with E-state index in [-0.39, 0.29) is 17.1 Å². The first-order valence-electron chi connectivity index (χ1n) is 10.5. The number of thiocarbonyl (C=S) groups is 1. The molecule has 0 bridgehead atoms. The number of thioether (sulfide) groups is 1. The highest BCUT2D eigenvalue weighted by Crippen LogP contribution is 2.29. The van der Waals surface area contributed by atoms with E-state index in [1.807, 2.05) is 61.5 Å². The lowest BCUT2D eigenvalue weighted by Gasteiger charge is -2.16. The molecule has 1 unspecified atom stereocenters. The standard InChI is InChI=1S/C25H26N4O2S2/c1-3-23(24(31)27-20-14-12-19(13-15-20)26-17(2)30)33-22-11-7-10-21(16-22)29-25(32)28-18-8-5-4-6-9-18/h4-16,23H,3H2,1-2H3,(H,26,30)(H,27,31)(H2,28,29,32). The Morgan fingerprint density at radius 3 is 2.00 bits per heavy atom. The summed E-state index contributed by atoms with van der Waals surface area (Å²) in [5.74, 6) is -0.211. The number of rotatable bonds is 8. The van der Waals surface area contributed by atoms with Crippen LogP contribution in [0.1, 0.15) is 20.3 Å². The van der Waals surface area contributed by atoms with Crippen LogP contribution < -0.4 is 21.3 Å². The number of nitrogens with one attached hydrogen (secondary N) is 4. The van der Waals surface area contributed by atoms with Crippen molar-refractivity contribution in [2.24, 2.45) is 0 Å². The molecule has 4 N–H and O–H groups in total. The van der Waals surface area contributed by atoms with E-state index in [1.54, 1.807) is 24.3 Å². The predicted molar refractivity (Wildman–Crippen MR) is 142 cm³/mol. The van der Waals surface area contributed by atoms with Crippen LogP contribution in [0.3, 0.4) is 0 Å². The van der Waals surface area contributed by atoms with Gasteiger partial charge in [0.2, 0.25) is 11.8 Å². The SMILES string of the molecule is CCC(Sc1cccc(NC(=S)Nc2ccccc2)c1)C(=O)Nc1ccc(NC(C)=O)cc1. The van der Waals surface area contributed by atoms with Crippen LogP contribution in [0.5, 0.6) is 0 Å². The van der Waals surface area contributed by atoms with Gasteiger partial charge in [0.15, 0.2) is 5.11 Å². The van der Waals surface area contributed by atoms with Crippen LogP contribution in [0, 0.1) is 0 Å². The number of hydrogen-bond donors (Lipinski definition) is 4. The second-order valence-corrected chi connectivity index (χ2v) is 8.92. The third-order valence-corrected chi connectivity index (χ3v) is 6.10. The van der Waals surface area contributed by atoms with E-state index < -0.39 is 0 Å². The van der Waals surface area contributed by atoms with Crippen molar-refractivity contribution in [2.75, 3.05) is 21.3 Å². The molecule has 0 aromatic heterocycles. The maximum Gasteiger partial charge on any atom is 0.237 e. The summed E-state index contributed by atoms with van der Waals surface area (Å²) in [6, 6.07) is 24.6. The zero-order valence-electron chi connectivity index (χ0n) is 18.4. The molecule has 3 rings (SSSR count). The number of amides is 2. The normalized spacial score (nSPS) is 11.2. The molecule has 0 aliphatic carbocycles. The highest BCUT2D eigenvalue weighted by Gasteiger charge is 2.18. The number of anilines is 4. The van der Waals surface area contributed by atoms with Crippen LogP contribution in [0.2, 0.25) is 0 Å². The Balaban J connectivity index is 1.58. The molecule has 3 aromatic carbocycles. The van der Waals surface area contributed by atoms with Crippen molar-refractivity contribution in [3.05, 3.63) is 78.9 Å². The van der Waals surface area contributed by atoms with E-state index >= 15 is 0 Å². The summed E-state index contributed by atoms with van der Waals surface area (Å²) in [5.41, 5.74) is 3.12. The lowest BCUT2D eigenvalue weighted by atomic mass is 10.2. The number of carbonyl (C=O) groups is 2. The lowest BCUT2D eigenvalue weighted by Crippen LogP contribution is -2.24. The zero-order chi connectivity index (χ0) is 23.6. The Bertz CT molecular complexity index is 1100. The van der Waals surface area contributed by atoms with Gasteiger partial charge in [0, 0.05) is 34.6 Å². The summed E-state index contributed by atoms with van der Waals surface area (Å²) in [5, 5.41) is 12.2. The minimum Gasteiger partial charge on any atom is -0.332 e. The summed E-state index contributed by atoms with van der Waals surface area (Å²) in [4.78, 5) is 24.9. The molecule has 0 saturated carbocycles. The Kier molecular flexibility index (Phi) is 8.86. The van der Waals surface area contributed by atoms with Crippen molar-refractivity contribution in [1.29, 1.82) is 0 Å². The Labute approximate surface area is 203 Å². The summed E-state index contributed by atoms with van der Waals surface area (Å²) < 4.78 is 0. The van der Waals surface area contributed by atoms with Crippen LogP contribution in [-0.4, -0.2) is 22.2 Å².